The first-order valence-corrected chi connectivity index (χ1v) is 6.51. The van der Waals surface area contributed by atoms with Gasteiger partial charge < -0.3 is 0 Å². The maximum absolute atomic E-state index is 12.4. The Kier molecular flexibility index (Phi) is 1.90. The predicted octanol–water partition coefficient (Wildman–Crippen LogP) is -0.143. The molecule has 4 rings (SSSR count). The number of allylic oxidation sites excluding steroid dienone is 2. The zero-order chi connectivity index (χ0) is 13.3. The molecule has 4 aliphatic rings. The first-order valence-electron chi connectivity index (χ1n) is 6.51. The van der Waals surface area contributed by atoms with E-state index < -0.39 is 11.8 Å². The molecule has 4 amide bonds. The maximum Gasteiger partial charge on any atom is 0.253 e. The average molecular weight is 260 g/mol. The van der Waals surface area contributed by atoms with Crippen LogP contribution in [0.4, 0.5) is 0 Å². The summed E-state index contributed by atoms with van der Waals surface area (Å²) >= 11 is 0. The lowest BCUT2D eigenvalue weighted by molar-refractivity contribution is -0.173. The highest BCUT2D eigenvalue weighted by Crippen LogP contribution is 2.52. The smallest absolute Gasteiger partial charge is 0.253 e. The number of imide groups is 2. The highest BCUT2D eigenvalue weighted by Gasteiger charge is 2.62. The van der Waals surface area contributed by atoms with Crippen LogP contribution in [0.1, 0.15) is 19.3 Å². The third-order valence-corrected chi connectivity index (χ3v) is 4.67. The summed E-state index contributed by atoms with van der Waals surface area (Å²) < 4.78 is 0. The minimum Gasteiger partial charge on any atom is -0.272 e. The van der Waals surface area contributed by atoms with Crippen molar-refractivity contribution in [1.82, 2.24) is 10.0 Å². The standard InChI is InChI=1S/C13H12N2O4/c16-8-3-4-9(17)14(8)15-12(18)10-6-1-2-7(5-6)11(10)13(15)19/h1-2,6-7,10-11H,3-5H2/t6-,7-,10-,11+/m0/s1. The molecule has 6 nitrogen and oxygen atoms in total. The van der Waals surface area contributed by atoms with Gasteiger partial charge in [-0.2, -0.15) is 10.0 Å². The van der Waals surface area contributed by atoms with Crippen molar-refractivity contribution in [3.8, 4) is 0 Å². The molecular weight excluding hydrogens is 248 g/mol. The minimum absolute atomic E-state index is 0.0797. The van der Waals surface area contributed by atoms with Crippen molar-refractivity contribution < 1.29 is 19.2 Å². The SMILES string of the molecule is O=C1CCC(=O)N1N1C(=O)[C@@H]2[C@H](C1=O)[C@H]1C=C[C@H]2C1. The van der Waals surface area contributed by atoms with Crippen LogP contribution >= 0.6 is 0 Å². The Morgan fingerprint density at radius 3 is 1.74 bits per heavy atom. The Balaban J connectivity index is 1.73. The third kappa shape index (κ3) is 1.16. The topological polar surface area (TPSA) is 74.8 Å². The van der Waals surface area contributed by atoms with E-state index in [4.69, 9.17) is 0 Å². The Labute approximate surface area is 109 Å². The van der Waals surface area contributed by atoms with Gasteiger partial charge in [-0.05, 0) is 18.3 Å². The van der Waals surface area contributed by atoms with Gasteiger partial charge in [0.15, 0.2) is 0 Å². The number of carbonyl (C=O) groups is 4. The molecule has 4 atom stereocenters. The zero-order valence-electron chi connectivity index (χ0n) is 10.1. The van der Waals surface area contributed by atoms with Gasteiger partial charge in [-0.1, -0.05) is 12.2 Å². The molecule has 2 saturated heterocycles. The number of hydrazine groups is 1. The van der Waals surface area contributed by atoms with Crippen LogP contribution < -0.4 is 0 Å². The molecule has 2 heterocycles. The summed E-state index contributed by atoms with van der Waals surface area (Å²) in [5, 5.41) is 1.58. The van der Waals surface area contributed by atoms with E-state index in [1.54, 1.807) is 0 Å². The van der Waals surface area contributed by atoms with Crippen LogP contribution in [0, 0.1) is 23.7 Å². The summed E-state index contributed by atoms with van der Waals surface area (Å²) in [6.45, 7) is 0. The summed E-state index contributed by atoms with van der Waals surface area (Å²) in [7, 11) is 0. The van der Waals surface area contributed by atoms with Crippen molar-refractivity contribution >= 4 is 23.6 Å². The van der Waals surface area contributed by atoms with E-state index in [1.807, 2.05) is 12.2 Å². The van der Waals surface area contributed by atoms with Gasteiger partial charge in [0.1, 0.15) is 0 Å². The van der Waals surface area contributed by atoms with E-state index >= 15 is 0 Å². The van der Waals surface area contributed by atoms with E-state index in [0.29, 0.717) is 0 Å². The van der Waals surface area contributed by atoms with Crippen molar-refractivity contribution in [1.29, 1.82) is 0 Å². The maximum atomic E-state index is 12.4. The fourth-order valence-corrected chi connectivity index (χ4v) is 3.87. The number of hydrogen-bond donors (Lipinski definition) is 0. The van der Waals surface area contributed by atoms with Gasteiger partial charge in [0, 0.05) is 12.8 Å². The molecule has 2 aliphatic heterocycles. The minimum atomic E-state index is -0.452. The molecule has 98 valence electrons. The van der Waals surface area contributed by atoms with E-state index in [-0.39, 0.29) is 48.3 Å². The second-order valence-electron chi connectivity index (χ2n) is 5.59. The van der Waals surface area contributed by atoms with E-state index in [9.17, 15) is 19.2 Å². The van der Waals surface area contributed by atoms with Gasteiger partial charge in [-0.15, -0.1) is 0 Å². The number of hydrogen-bond acceptors (Lipinski definition) is 4. The Hall–Kier alpha value is -1.98. The molecule has 2 bridgehead atoms. The molecule has 0 unspecified atom stereocenters. The molecule has 0 spiro atoms. The summed E-state index contributed by atoms with van der Waals surface area (Å²) in [5.41, 5.74) is 0. The highest BCUT2D eigenvalue weighted by atomic mass is 16.2. The van der Waals surface area contributed by atoms with E-state index in [1.165, 1.54) is 0 Å². The Morgan fingerprint density at radius 1 is 0.789 bits per heavy atom. The fourth-order valence-electron chi connectivity index (χ4n) is 3.87. The van der Waals surface area contributed by atoms with Gasteiger partial charge in [-0.3, -0.25) is 19.2 Å². The summed E-state index contributed by atoms with van der Waals surface area (Å²) in [6, 6.07) is 0. The molecule has 19 heavy (non-hydrogen) atoms. The van der Waals surface area contributed by atoms with Gasteiger partial charge >= 0.3 is 0 Å². The van der Waals surface area contributed by atoms with Crippen molar-refractivity contribution in [2.75, 3.05) is 0 Å². The van der Waals surface area contributed by atoms with E-state index in [2.05, 4.69) is 0 Å². The highest BCUT2D eigenvalue weighted by molar-refractivity contribution is 6.12. The van der Waals surface area contributed by atoms with Crippen LogP contribution in [-0.4, -0.2) is 33.6 Å². The molecule has 0 aromatic rings. The molecule has 2 aliphatic carbocycles. The number of amides is 4. The second-order valence-corrected chi connectivity index (χ2v) is 5.59. The van der Waals surface area contributed by atoms with Crippen molar-refractivity contribution in [2.45, 2.75) is 19.3 Å². The van der Waals surface area contributed by atoms with Gasteiger partial charge in [0.25, 0.3) is 11.8 Å². The van der Waals surface area contributed by atoms with Crippen LogP contribution in [0.3, 0.4) is 0 Å². The lowest BCUT2D eigenvalue weighted by Gasteiger charge is -2.25. The Bertz CT molecular complexity index is 521. The fraction of sp³-hybridized carbons (Fsp3) is 0.538. The molecule has 6 heteroatoms. The third-order valence-electron chi connectivity index (χ3n) is 4.67. The van der Waals surface area contributed by atoms with Crippen LogP contribution in [0.2, 0.25) is 0 Å². The number of carbonyl (C=O) groups excluding carboxylic acids is 4. The first-order chi connectivity index (χ1) is 9.09. The molecule has 0 aromatic carbocycles. The normalized spacial score (nSPS) is 40.0. The van der Waals surface area contributed by atoms with Gasteiger partial charge in [0.2, 0.25) is 11.8 Å². The van der Waals surface area contributed by atoms with Crippen LogP contribution in [0.25, 0.3) is 0 Å². The van der Waals surface area contributed by atoms with Gasteiger partial charge in [-0.25, -0.2) is 0 Å². The number of rotatable bonds is 1. The van der Waals surface area contributed by atoms with E-state index in [0.717, 1.165) is 16.4 Å². The van der Waals surface area contributed by atoms with Crippen molar-refractivity contribution in [3.63, 3.8) is 0 Å². The Morgan fingerprint density at radius 2 is 1.26 bits per heavy atom. The predicted molar refractivity (Wildman–Crippen MR) is 60.7 cm³/mol. The molecule has 3 fully saturated rings. The lowest BCUT2D eigenvalue weighted by Crippen LogP contribution is -2.50. The molecule has 0 radical (unpaired) electrons. The molecular formula is C13H12N2O4. The van der Waals surface area contributed by atoms with Crippen LogP contribution in [0.15, 0.2) is 12.2 Å². The van der Waals surface area contributed by atoms with Crippen molar-refractivity contribution in [3.05, 3.63) is 12.2 Å². The monoisotopic (exact) mass is 260 g/mol. The quantitative estimate of drug-likeness (QED) is 0.485. The molecule has 0 aromatic heterocycles. The largest absolute Gasteiger partial charge is 0.272 e. The second kappa shape index (κ2) is 3.31. The van der Waals surface area contributed by atoms with Crippen LogP contribution in [0.5, 0.6) is 0 Å². The zero-order valence-corrected chi connectivity index (χ0v) is 10.1. The summed E-state index contributed by atoms with van der Waals surface area (Å²) in [6.07, 6.45) is 4.96. The summed E-state index contributed by atoms with van der Waals surface area (Å²) in [5.74, 6) is -2.23. The molecule has 1 saturated carbocycles. The van der Waals surface area contributed by atoms with Crippen LogP contribution in [-0.2, 0) is 19.2 Å². The number of fused-ring (bicyclic) bond motifs is 5. The lowest BCUT2D eigenvalue weighted by atomic mass is 9.85. The summed E-state index contributed by atoms with van der Waals surface area (Å²) in [4.78, 5) is 48.2. The van der Waals surface area contributed by atoms with Crippen molar-refractivity contribution in [2.24, 2.45) is 23.7 Å². The number of nitrogens with zero attached hydrogens (tertiary/aromatic N) is 2. The average Bonchev–Trinajstić information content (AvgIpc) is 3.10. The van der Waals surface area contributed by atoms with Gasteiger partial charge in [0.05, 0.1) is 11.8 Å². The first kappa shape index (κ1) is 10.9. The molecule has 0 N–H and O–H groups in total.